The first-order chi connectivity index (χ1) is 9.75. The molecule has 1 aromatic rings. The van der Waals surface area contributed by atoms with E-state index in [-0.39, 0.29) is 12.0 Å². The van der Waals surface area contributed by atoms with Crippen molar-refractivity contribution in [1.29, 1.82) is 0 Å². The summed E-state index contributed by atoms with van der Waals surface area (Å²) in [4.78, 5) is 14.8. The predicted octanol–water partition coefficient (Wildman–Crippen LogP) is 2.54. The zero-order valence-electron chi connectivity index (χ0n) is 11.4. The quantitative estimate of drug-likeness (QED) is 0.796. The molecule has 106 valence electrons. The van der Waals surface area contributed by atoms with Gasteiger partial charge in [-0.3, -0.25) is 4.79 Å². The Balaban J connectivity index is 1.73. The van der Waals surface area contributed by atoms with E-state index in [4.69, 9.17) is 11.6 Å². The van der Waals surface area contributed by atoms with Crippen molar-refractivity contribution >= 4 is 17.5 Å². The molecule has 3 atom stereocenters. The fourth-order valence-electron chi connectivity index (χ4n) is 4.17. The maximum Gasteiger partial charge on any atom is 0.227 e. The number of nitrogens with one attached hydrogen (secondary N) is 1. The van der Waals surface area contributed by atoms with Crippen LogP contribution in [0.25, 0.3) is 0 Å². The minimum atomic E-state index is 0.195. The van der Waals surface area contributed by atoms with Crippen molar-refractivity contribution in [2.45, 2.75) is 37.8 Å². The average Bonchev–Trinajstić information content (AvgIpc) is 2.48. The van der Waals surface area contributed by atoms with Gasteiger partial charge in [0.15, 0.2) is 0 Å². The largest absolute Gasteiger partial charge is 0.335 e. The van der Waals surface area contributed by atoms with E-state index in [1.165, 1.54) is 11.1 Å². The van der Waals surface area contributed by atoms with E-state index in [0.29, 0.717) is 11.9 Å². The Hall–Kier alpha value is -1.06. The number of carbonyl (C=O) groups is 1. The molecular weight excluding hydrogens is 272 g/mol. The van der Waals surface area contributed by atoms with Gasteiger partial charge in [-0.25, -0.2) is 0 Å². The van der Waals surface area contributed by atoms with Gasteiger partial charge in [-0.05, 0) is 49.4 Å². The lowest BCUT2D eigenvalue weighted by atomic mass is 9.77. The Morgan fingerprint density at radius 3 is 3.15 bits per heavy atom. The van der Waals surface area contributed by atoms with Gasteiger partial charge in [0.05, 0.1) is 12.0 Å². The lowest BCUT2D eigenvalue weighted by Crippen LogP contribution is -2.57. The summed E-state index contributed by atoms with van der Waals surface area (Å²) in [5.74, 6) is 0.546. The SMILES string of the molecule is O=C1C2CCCNC2CC2c3cccc(Cl)c3CCN12. The summed E-state index contributed by atoms with van der Waals surface area (Å²) < 4.78 is 0. The van der Waals surface area contributed by atoms with Crippen LogP contribution in [0.1, 0.15) is 36.4 Å². The van der Waals surface area contributed by atoms with Crippen molar-refractivity contribution in [2.75, 3.05) is 13.1 Å². The lowest BCUT2D eigenvalue weighted by Gasteiger charge is -2.48. The number of halogens is 1. The summed E-state index contributed by atoms with van der Waals surface area (Å²) >= 11 is 6.33. The van der Waals surface area contributed by atoms with Gasteiger partial charge in [0.2, 0.25) is 5.91 Å². The molecule has 4 rings (SSSR count). The maximum absolute atomic E-state index is 12.7. The Morgan fingerprint density at radius 1 is 1.35 bits per heavy atom. The van der Waals surface area contributed by atoms with Gasteiger partial charge in [-0.2, -0.15) is 0 Å². The fraction of sp³-hybridized carbons (Fsp3) is 0.562. The van der Waals surface area contributed by atoms with Crippen LogP contribution in [-0.2, 0) is 11.2 Å². The number of nitrogens with zero attached hydrogens (tertiary/aromatic N) is 1. The van der Waals surface area contributed by atoms with Crippen LogP contribution in [0.3, 0.4) is 0 Å². The van der Waals surface area contributed by atoms with Gasteiger partial charge in [0.25, 0.3) is 0 Å². The second kappa shape index (κ2) is 4.74. The van der Waals surface area contributed by atoms with Crippen LogP contribution in [0.4, 0.5) is 0 Å². The molecule has 2 saturated heterocycles. The van der Waals surface area contributed by atoms with Gasteiger partial charge in [-0.1, -0.05) is 23.7 Å². The van der Waals surface area contributed by atoms with Crippen LogP contribution < -0.4 is 5.32 Å². The molecule has 4 heteroatoms. The highest BCUT2D eigenvalue weighted by molar-refractivity contribution is 6.31. The zero-order chi connectivity index (χ0) is 13.7. The standard InChI is InChI=1S/C16H19ClN2O/c17-13-5-1-3-11-10(13)6-8-19-15(11)9-14-12(16(19)20)4-2-7-18-14/h1,3,5,12,14-15,18H,2,4,6-9H2. The van der Waals surface area contributed by atoms with Crippen LogP contribution >= 0.6 is 11.6 Å². The van der Waals surface area contributed by atoms with E-state index in [9.17, 15) is 4.79 Å². The molecule has 3 aliphatic rings. The summed E-state index contributed by atoms with van der Waals surface area (Å²) in [5.41, 5.74) is 2.51. The number of benzene rings is 1. The molecule has 0 aliphatic carbocycles. The van der Waals surface area contributed by atoms with Gasteiger partial charge in [0.1, 0.15) is 0 Å². The minimum Gasteiger partial charge on any atom is -0.335 e. The van der Waals surface area contributed by atoms with E-state index in [1.54, 1.807) is 0 Å². The first kappa shape index (κ1) is 12.7. The van der Waals surface area contributed by atoms with Gasteiger partial charge < -0.3 is 10.2 Å². The topological polar surface area (TPSA) is 32.3 Å². The Labute approximate surface area is 124 Å². The molecule has 0 aromatic heterocycles. The molecule has 20 heavy (non-hydrogen) atoms. The van der Waals surface area contributed by atoms with Crippen LogP contribution in [0, 0.1) is 5.92 Å². The number of rotatable bonds is 0. The van der Waals surface area contributed by atoms with Gasteiger partial charge in [-0.15, -0.1) is 0 Å². The number of piperidine rings is 2. The van der Waals surface area contributed by atoms with Gasteiger partial charge >= 0.3 is 0 Å². The fourth-order valence-corrected chi connectivity index (χ4v) is 4.45. The summed E-state index contributed by atoms with van der Waals surface area (Å²) in [6.45, 7) is 1.87. The van der Waals surface area contributed by atoms with Crippen molar-refractivity contribution in [3.63, 3.8) is 0 Å². The number of carbonyl (C=O) groups excluding carboxylic acids is 1. The van der Waals surface area contributed by atoms with E-state index < -0.39 is 0 Å². The number of fused-ring (bicyclic) bond motifs is 4. The molecule has 2 fully saturated rings. The smallest absolute Gasteiger partial charge is 0.227 e. The normalized spacial score (nSPS) is 32.4. The van der Waals surface area contributed by atoms with Crippen molar-refractivity contribution in [2.24, 2.45) is 5.92 Å². The van der Waals surface area contributed by atoms with Crippen molar-refractivity contribution in [1.82, 2.24) is 10.2 Å². The highest BCUT2D eigenvalue weighted by Crippen LogP contribution is 2.42. The second-order valence-corrected chi connectivity index (χ2v) is 6.56. The molecule has 0 bridgehead atoms. The molecule has 3 aliphatic heterocycles. The molecule has 0 spiro atoms. The number of amides is 1. The van der Waals surface area contributed by atoms with Crippen LogP contribution in [0.5, 0.6) is 0 Å². The van der Waals surface area contributed by atoms with Crippen molar-refractivity contribution in [3.05, 3.63) is 34.3 Å². The summed E-state index contributed by atoms with van der Waals surface area (Å²) in [5, 5.41) is 4.40. The zero-order valence-corrected chi connectivity index (χ0v) is 12.2. The Kier molecular flexibility index (Phi) is 3.00. The van der Waals surface area contributed by atoms with E-state index in [2.05, 4.69) is 16.3 Å². The van der Waals surface area contributed by atoms with Crippen molar-refractivity contribution < 1.29 is 4.79 Å². The summed E-state index contributed by atoms with van der Waals surface area (Å²) in [6.07, 6.45) is 4.09. The first-order valence-electron chi connectivity index (χ1n) is 7.57. The highest BCUT2D eigenvalue weighted by Gasteiger charge is 2.44. The molecule has 1 N–H and O–H groups in total. The van der Waals surface area contributed by atoms with E-state index in [0.717, 1.165) is 43.8 Å². The number of hydrogen-bond donors (Lipinski definition) is 1. The molecule has 3 unspecified atom stereocenters. The summed E-state index contributed by atoms with van der Waals surface area (Å²) in [6, 6.07) is 6.69. The average molecular weight is 291 g/mol. The van der Waals surface area contributed by atoms with E-state index in [1.807, 2.05) is 12.1 Å². The van der Waals surface area contributed by atoms with Gasteiger partial charge in [0, 0.05) is 17.6 Å². The lowest BCUT2D eigenvalue weighted by molar-refractivity contribution is -0.145. The molecule has 3 nitrogen and oxygen atoms in total. The molecule has 0 radical (unpaired) electrons. The predicted molar refractivity (Wildman–Crippen MR) is 78.7 cm³/mol. The molecule has 1 amide bonds. The third-order valence-corrected chi connectivity index (χ3v) is 5.51. The second-order valence-electron chi connectivity index (χ2n) is 6.15. The third kappa shape index (κ3) is 1.80. The monoisotopic (exact) mass is 290 g/mol. The first-order valence-corrected chi connectivity index (χ1v) is 7.94. The van der Waals surface area contributed by atoms with Crippen LogP contribution in [0.15, 0.2) is 18.2 Å². The van der Waals surface area contributed by atoms with E-state index >= 15 is 0 Å². The molecule has 0 saturated carbocycles. The Bertz CT molecular complexity index is 559. The Morgan fingerprint density at radius 2 is 2.25 bits per heavy atom. The number of hydrogen-bond acceptors (Lipinski definition) is 2. The van der Waals surface area contributed by atoms with Crippen LogP contribution in [0.2, 0.25) is 5.02 Å². The summed E-state index contributed by atoms with van der Waals surface area (Å²) in [7, 11) is 0. The van der Waals surface area contributed by atoms with Crippen molar-refractivity contribution in [3.8, 4) is 0 Å². The molecule has 1 aromatic carbocycles. The molecule has 3 heterocycles. The highest BCUT2D eigenvalue weighted by atomic mass is 35.5. The van der Waals surface area contributed by atoms with Crippen LogP contribution in [-0.4, -0.2) is 29.9 Å². The maximum atomic E-state index is 12.7. The molecular formula is C16H19ClN2O. The third-order valence-electron chi connectivity index (χ3n) is 5.15. The minimum absolute atomic E-state index is 0.195.